The number of hydrogen-bond acceptors (Lipinski definition) is 2. The fourth-order valence-electron chi connectivity index (χ4n) is 1.67. The van der Waals surface area contributed by atoms with Gasteiger partial charge in [-0.2, -0.15) is 0 Å². The Morgan fingerprint density at radius 3 is 2.44 bits per heavy atom. The molecule has 0 heterocycles. The molecule has 0 saturated carbocycles. The van der Waals surface area contributed by atoms with E-state index in [1.807, 2.05) is 54.6 Å². The van der Waals surface area contributed by atoms with E-state index in [0.717, 1.165) is 11.3 Å². The van der Waals surface area contributed by atoms with Crippen LogP contribution in [0.3, 0.4) is 0 Å². The molecule has 2 heteroatoms. The molecule has 1 N–H and O–H groups in total. The third-order valence-electron chi connectivity index (χ3n) is 2.62. The Hall–Kier alpha value is -2.24. The van der Waals surface area contributed by atoms with Gasteiger partial charge in [-0.15, -0.1) is 6.42 Å². The summed E-state index contributed by atoms with van der Waals surface area (Å²) in [6, 6.07) is 17.0. The van der Waals surface area contributed by atoms with Crippen LogP contribution in [0.2, 0.25) is 0 Å². The van der Waals surface area contributed by atoms with Crippen molar-refractivity contribution in [2.45, 2.75) is 5.92 Å². The van der Waals surface area contributed by atoms with Gasteiger partial charge in [0.25, 0.3) is 0 Å². The minimum Gasteiger partial charge on any atom is -0.457 e. The lowest BCUT2D eigenvalue weighted by Crippen LogP contribution is -2.00. The molecular formula is C16H14O2. The molecule has 0 spiro atoms. The van der Waals surface area contributed by atoms with Gasteiger partial charge in [0.2, 0.25) is 0 Å². The smallest absolute Gasteiger partial charge is 0.127 e. The van der Waals surface area contributed by atoms with Crippen molar-refractivity contribution in [3.63, 3.8) is 0 Å². The van der Waals surface area contributed by atoms with Crippen molar-refractivity contribution in [2.75, 3.05) is 6.61 Å². The maximum atomic E-state index is 9.18. The van der Waals surface area contributed by atoms with Gasteiger partial charge in [0.15, 0.2) is 0 Å². The van der Waals surface area contributed by atoms with Gasteiger partial charge in [-0.3, -0.25) is 0 Å². The van der Waals surface area contributed by atoms with Crippen LogP contribution in [0.25, 0.3) is 0 Å². The summed E-state index contributed by atoms with van der Waals surface area (Å²) in [6.07, 6.45) is 5.37. The van der Waals surface area contributed by atoms with Crippen molar-refractivity contribution in [3.8, 4) is 23.8 Å². The molecule has 18 heavy (non-hydrogen) atoms. The third kappa shape index (κ3) is 2.91. The largest absolute Gasteiger partial charge is 0.457 e. The Bertz CT molecular complexity index is 541. The monoisotopic (exact) mass is 238 g/mol. The van der Waals surface area contributed by atoms with E-state index in [1.165, 1.54) is 0 Å². The number of ether oxygens (including phenoxy) is 1. The quantitative estimate of drug-likeness (QED) is 0.829. The highest BCUT2D eigenvalue weighted by Crippen LogP contribution is 2.24. The Kier molecular flexibility index (Phi) is 4.01. The number of benzene rings is 2. The first-order chi connectivity index (χ1) is 8.83. The second-order valence-electron chi connectivity index (χ2n) is 3.89. The second-order valence-corrected chi connectivity index (χ2v) is 3.89. The molecule has 0 bridgehead atoms. The fourth-order valence-corrected chi connectivity index (χ4v) is 1.67. The van der Waals surface area contributed by atoms with Crippen LogP contribution in [0.1, 0.15) is 11.5 Å². The predicted octanol–water partition coefficient (Wildman–Crippen LogP) is 3.19. The van der Waals surface area contributed by atoms with E-state index < -0.39 is 0 Å². The molecule has 0 aliphatic rings. The van der Waals surface area contributed by atoms with E-state index >= 15 is 0 Å². The molecular weight excluding hydrogens is 224 g/mol. The third-order valence-corrected chi connectivity index (χ3v) is 2.62. The summed E-state index contributed by atoms with van der Waals surface area (Å²) in [5.41, 5.74) is 0.883. The van der Waals surface area contributed by atoms with Gasteiger partial charge in [0, 0.05) is 0 Å². The normalized spacial score (nSPS) is 11.6. The molecule has 0 amide bonds. The van der Waals surface area contributed by atoms with E-state index in [9.17, 15) is 5.11 Å². The SMILES string of the molecule is C#CC(CO)c1cccc(Oc2ccccc2)c1. The summed E-state index contributed by atoms with van der Waals surface area (Å²) in [7, 11) is 0. The van der Waals surface area contributed by atoms with Gasteiger partial charge in [-0.05, 0) is 29.8 Å². The van der Waals surface area contributed by atoms with Gasteiger partial charge in [0.1, 0.15) is 11.5 Å². The summed E-state index contributed by atoms with van der Waals surface area (Å²) < 4.78 is 5.71. The highest BCUT2D eigenvalue weighted by atomic mass is 16.5. The van der Waals surface area contributed by atoms with Crippen LogP contribution in [0.15, 0.2) is 54.6 Å². The second kappa shape index (κ2) is 5.90. The highest BCUT2D eigenvalue weighted by molar-refractivity contribution is 5.37. The first-order valence-corrected chi connectivity index (χ1v) is 5.73. The predicted molar refractivity (Wildman–Crippen MR) is 71.6 cm³/mol. The molecule has 2 rings (SSSR count). The lowest BCUT2D eigenvalue weighted by molar-refractivity contribution is 0.286. The first kappa shape index (κ1) is 12.2. The zero-order valence-corrected chi connectivity index (χ0v) is 9.91. The summed E-state index contributed by atoms with van der Waals surface area (Å²) in [6.45, 7) is -0.0642. The van der Waals surface area contributed by atoms with E-state index in [2.05, 4.69) is 5.92 Å². The summed E-state index contributed by atoms with van der Waals surface area (Å²) >= 11 is 0. The van der Waals surface area contributed by atoms with Gasteiger partial charge in [0.05, 0.1) is 12.5 Å². The lowest BCUT2D eigenvalue weighted by Gasteiger charge is -2.10. The van der Waals surface area contributed by atoms with Crippen molar-refractivity contribution in [2.24, 2.45) is 0 Å². The van der Waals surface area contributed by atoms with Crippen LogP contribution in [-0.2, 0) is 0 Å². The van der Waals surface area contributed by atoms with Crippen molar-refractivity contribution >= 4 is 0 Å². The van der Waals surface area contributed by atoms with Gasteiger partial charge in [-0.1, -0.05) is 36.3 Å². The Balaban J connectivity index is 2.20. The molecule has 2 aromatic rings. The zero-order valence-electron chi connectivity index (χ0n) is 9.91. The van der Waals surface area contributed by atoms with Crippen LogP contribution in [-0.4, -0.2) is 11.7 Å². The van der Waals surface area contributed by atoms with Crippen molar-refractivity contribution in [3.05, 3.63) is 60.2 Å². The summed E-state index contributed by atoms with van der Waals surface area (Å²) in [4.78, 5) is 0. The number of aliphatic hydroxyl groups excluding tert-OH is 1. The van der Waals surface area contributed by atoms with E-state index in [-0.39, 0.29) is 12.5 Å². The molecule has 0 saturated heterocycles. The number of aliphatic hydroxyl groups is 1. The maximum Gasteiger partial charge on any atom is 0.127 e. The van der Waals surface area contributed by atoms with Crippen molar-refractivity contribution < 1.29 is 9.84 Å². The van der Waals surface area contributed by atoms with Gasteiger partial charge >= 0.3 is 0 Å². The van der Waals surface area contributed by atoms with Crippen molar-refractivity contribution in [1.29, 1.82) is 0 Å². The highest BCUT2D eigenvalue weighted by Gasteiger charge is 2.07. The number of hydrogen-bond donors (Lipinski definition) is 1. The van der Waals surface area contributed by atoms with E-state index in [4.69, 9.17) is 11.2 Å². The molecule has 0 aliphatic carbocycles. The van der Waals surface area contributed by atoms with Gasteiger partial charge < -0.3 is 9.84 Å². The molecule has 0 aromatic heterocycles. The minimum atomic E-state index is -0.288. The van der Waals surface area contributed by atoms with Crippen LogP contribution < -0.4 is 4.74 Å². The Morgan fingerprint density at radius 1 is 1.06 bits per heavy atom. The molecule has 1 unspecified atom stereocenters. The van der Waals surface area contributed by atoms with Gasteiger partial charge in [-0.25, -0.2) is 0 Å². The van der Waals surface area contributed by atoms with Crippen LogP contribution >= 0.6 is 0 Å². The topological polar surface area (TPSA) is 29.5 Å². The average Bonchev–Trinajstić information content (AvgIpc) is 2.42. The average molecular weight is 238 g/mol. The molecule has 0 fully saturated rings. The number of rotatable bonds is 4. The van der Waals surface area contributed by atoms with Crippen LogP contribution in [0.4, 0.5) is 0 Å². The fraction of sp³-hybridized carbons (Fsp3) is 0.125. The number of terminal acetylenes is 1. The zero-order chi connectivity index (χ0) is 12.8. The molecule has 2 nitrogen and oxygen atoms in total. The molecule has 2 aromatic carbocycles. The van der Waals surface area contributed by atoms with E-state index in [1.54, 1.807) is 0 Å². The molecule has 0 aliphatic heterocycles. The Labute approximate surface area is 107 Å². The lowest BCUT2D eigenvalue weighted by atomic mass is 10.0. The molecule has 0 radical (unpaired) electrons. The van der Waals surface area contributed by atoms with Crippen LogP contribution in [0, 0.1) is 12.3 Å². The Morgan fingerprint density at radius 2 is 1.78 bits per heavy atom. The maximum absolute atomic E-state index is 9.18. The number of para-hydroxylation sites is 1. The first-order valence-electron chi connectivity index (χ1n) is 5.73. The molecule has 1 atom stereocenters. The standard InChI is InChI=1S/C16H14O2/c1-2-13(12-17)14-7-6-10-16(11-14)18-15-8-4-3-5-9-15/h1,3-11,13,17H,12H2. The summed E-state index contributed by atoms with van der Waals surface area (Å²) in [5, 5.41) is 9.18. The minimum absolute atomic E-state index is 0.0642. The summed E-state index contributed by atoms with van der Waals surface area (Å²) in [5.74, 6) is 3.76. The van der Waals surface area contributed by atoms with Crippen LogP contribution in [0.5, 0.6) is 11.5 Å². The molecule has 90 valence electrons. The van der Waals surface area contributed by atoms with E-state index in [0.29, 0.717) is 5.75 Å². The van der Waals surface area contributed by atoms with Crippen molar-refractivity contribution in [1.82, 2.24) is 0 Å².